The second-order valence-electron chi connectivity index (χ2n) is 8.54. The van der Waals surface area contributed by atoms with Crippen molar-refractivity contribution in [2.24, 2.45) is 0 Å². The van der Waals surface area contributed by atoms with E-state index in [0.717, 1.165) is 40.3 Å². The Kier molecular flexibility index (Phi) is 4.88. The Morgan fingerprint density at radius 2 is 1.84 bits per heavy atom. The van der Waals surface area contributed by atoms with Crippen LogP contribution in [0.3, 0.4) is 0 Å². The van der Waals surface area contributed by atoms with Gasteiger partial charge < -0.3 is 4.90 Å². The molecule has 3 unspecified atom stereocenters. The lowest BCUT2D eigenvalue weighted by molar-refractivity contribution is -0.127. The summed E-state index contributed by atoms with van der Waals surface area (Å²) in [6.07, 6.45) is 8.51. The first-order chi connectivity index (χ1) is 15.7. The van der Waals surface area contributed by atoms with Gasteiger partial charge in [0.15, 0.2) is 0 Å². The van der Waals surface area contributed by atoms with Gasteiger partial charge in [0.25, 0.3) is 5.91 Å². The summed E-state index contributed by atoms with van der Waals surface area (Å²) in [6, 6.07) is 16.9. The molecule has 2 aliphatic heterocycles. The van der Waals surface area contributed by atoms with Crippen LogP contribution in [0, 0.1) is 5.82 Å². The molecule has 0 spiro atoms. The van der Waals surface area contributed by atoms with Gasteiger partial charge in [-0.1, -0.05) is 42.8 Å². The zero-order valence-electron chi connectivity index (χ0n) is 17.4. The molecule has 6 rings (SSSR count). The largest absolute Gasteiger partial charge is 0.309 e. The first-order valence-electron chi connectivity index (χ1n) is 11.1. The Balaban J connectivity index is 1.39. The number of carbonyl (C=O) groups excluding carboxylic acids is 1. The third-order valence-electron chi connectivity index (χ3n) is 6.55. The molecule has 3 atom stereocenters. The van der Waals surface area contributed by atoms with E-state index < -0.39 is 0 Å². The lowest BCUT2D eigenvalue weighted by atomic mass is 9.91. The van der Waals surface area contributed by atoms with Crippen molar-refractivity contribution in [2.45, 2.75) is 43.3 Å². The summed E-state index contributed by atoms with van der Waals surface area (Å²) in [7, 11) is 0. The number of halogens is 1. The third kappa shape index (κ3) is 3.36. The number of hydrogen-bond acceptors (Lipinski definition) is 4. The summed E-state index contributed by atoms with van der Waals surface area (Å²) in [5.41, 5.74) is 3.33. The Hall–Kier alpha value is -2.90. The van der Waals surface area contributed by atoms with E-state index in [4.69, 9.17) is 5.10 Å². The van der Waals surface area contributed by atoms with Crippen LogP contribution in [0.4, 0.5) is 4.39 Å². The van der Waals surface area contributed by atoms with E-state index in [-0.39, 0.29) is 17.2 Å². The van der Waals surface area contributed by atoms with Gasteiger partial charge in [-0.25, -0.2) is 9.07 Å². The fourth-order valence-electron chi connectivity index (χ4n) is 5.00. The van der Waals surface area contributed by atoms with Crippen molar-refractivity contribution in [2.75, 3.05) is 0 Å². The highest BCUT2D eigenvalue weighted by Gasteiger charge is 2.49. The smallest absolute Gasteiger partial charge is 0.262 e. The number of rotatable bonds is 3. The fourth-order valence-corrected chi connectivity index (χ4v) is 6.25. The average Bonchev–Trinajstić information content (AvgIpc) is 3.48. The van der Waals surface area contributed by atoms with Crippen molar-refractivity contribution in [3.05, 3.63) is 77.1 Å². The molecule has 1 amide bonds. The van der Waals surface area contributed by atoms with Crippen molar-refractivity contribution >= 4 is 23.7 Å². The molecule has 5 nitrogen and oxygen atoms in total. The normalized spacial score (nSPS) is 25.9. The van der Waals surface area contributed by atoms with Crippen LogP contribution in [0.1, 0.15) is 31.2 Å². The van der Waals surface area contributed by atoms with E-state index in [2.05, 4.69) is 5.32 Å². The van der Waals surface area contributed by atoms with Gasteiger partial charge in [0.2, 0.25) is 0 Å². The molecule has 1 saturated carbocycles. The van der Waals surface area contributed by atoms with Crippen LogP contribution >= 0.6 is 11.8 Å². The molecule has 3 fully saturated rings. The van der Waals surface area contributed by atoms with Gasteiger partial charge >= 0.3 is 0 Å². The number of hydrogen-bond donors (Lipinski definition) is 1. The number of nitrogens with zero attached hydrogens (tertiary/aromatic N) is 3. The zero-order chi connectivity index (χ0) is 21.7. The van der Waals surface area contributed by atoms with Crippen LogP contribution < -0.4 is 5.32 Å². The van der Waals surface area contributed by atoms with Crippen molar-refractivity contribution < 1.29 is 9.18 Å². The topological polar surface area (TPSA) is 50.2 Å². The maximum atomic E-state index is 13.5. The van der Waals surface area contributed by atoms with Crippen molar-refractivity contribution in [3.8, 4) is 16.9 Å². The lowest BCUT2D eigenvalue weighted by Gasteiger charge is -2.29. The van der Waals surface area contributed by atoms with Crippen LogP contribution in [0.5, 0.6) is 0 Å². The molecule has 7 heteroatoms. The highest BCUT2D eigenvalue weighted by atomic mass is 32.2. The zero-order valence-corrected chi connectivity index (χ0v) is 18.3. The van der Waals surface area contributed by atoms with E-state index in [1.807, 2.05) is 52.2 Å². The van der Waals surface area contributed by atoms with Gasteiger partial charge in [-0.05, 0) is 55.3 Å². The maximum Gasteiger partial charge on any atom is 0.262 e. The molecule has 2 aromatic carbocycles. The monoisotopic (exact) mass is 446 g/mol. The van der Waals surface area contributed by atoms with E-state index in [0.29, 0.717) is 12.1 Å². The van der Waals surface area contributed by atoms with Gasteiger partial charge in [0, 0.05) is 29.4 Å². The minimum atomic E-state index is -0.286. The first kappa shape index (κ1) is 19.8. The Bertz CT molecular complexity index is 1190. The van der Waals surface area contributed by atoms with E-state index in [1.165, 1.54) is 25.0 Å². The summed E-state index contributed by atoms with van der Waals surface area (Å²) in [5, 5.41) is 8.43. The fraction of sp³-hybridized carbons (Fsp3) is 0.280. The Morgan fingerprint density at radius 3 is 2.66 bits per heavy atom. The minimum Gasteiger partial charge on any atom is -0.309 e. The van der Waals surface area contributed by atoms with E-state index in [1.54, 1.807) is 23.9 Å². The molecule has 2 saturated heterocycles. The van der Waals surface area contributed by atoms with Crippen molar-refractivity contribution in [1.29, 1.82) is 0 Å². The number of amides is 1. The summed E-state index contributed by atoms with van der Waals surface area (Å²) >= 11 is 1.59. The number of para-hydroxylation sites is 1. The number of thioether (sulfide) groups is 1. The SMILES string of the molecule is O=C1C(=Cc2cn(-c3ccccc3)nc2-c2ccc(F)cc2)SC2NC3CCCCC3N12. The predicted octanol–water partition coefficient (Wildman–Crippen LogP) is 4.79. The van der Waals surface area contributed by atoms with Crippen LogP contribution in [0.2, 0.25) is 0 Å². The molecule has 1 aromatic heterocycles. The summed E-state index contributed by atoms with van der Waals surface area (Å²) in [5.74, 6) is -0.189. The molecule has 0 bridgehead atoms. The molecular formula is C25H23FN4OS. The summed E-state index contributed by atoms with van der Waals surface area (Å²) in [4.78, 5) is 16.1. The third-order valence-corrected chi connectivity index (χ3v) is 7.68. The van der Waals surface area contributed by atoms with Crippen LogP contribution in [-0.2, 0) is 4.79 Å². The Morgan fingerprint density at radius 1 is 1.06 bits per heavy atom. The maximum absolute atomic E-state index is 13.5. The second kappa shape index (κ2) is 7.90. The second-order valence-corrected chi connectivity index (χ2v) is 9.66. The van der Waals surface area contributed by atoms with E-state index in [9.17, 15) is 9.18 Å². The molecule has 3 aromatic rings. The average molecular weight is 447 g/mol. The van der Waals surface area contributed by atoms with Gasteiger partial charge in [-0.15, -0.1) is 0 Å². The molecule has 1 N–H and O–H groups in total. The first-order valence-corrected chi connectivity index (χ1v) is 11.9. The van der Waals surface area contributed by atoms with Crippen LogP contribution in [-0.4, -0.2) is 38.2 Å². The summed E-state index contributed by atoms with van der Waals surface area (Å²) in [6.45, 7) is 0. The molecular weight excluding hydrogens is 423 g/mol. The number of benzene rings is 2. The highest BCUT2D eigenvalue weighted by molar-refractivity contribution is 8.05. The standard InChI is InChI=1S/C25H23FN4OS/c26-18-12-10-16(11-13-18)23-17(15-29(28-23)19-6-2-1-3-7-19)14-22-24(31)30-21-9-5-4-8-20(21)27-25(30)32-22/h1-3,6-7,10-15,20-21,25,27H,4-5,8-9H2. The van der Waals surface area contributed by atoms with Crippen molar-refractivity contribution in [3.63, 3.8) is 0 Å². The van der Waals surface area contributed by atoms with Gasteiger partial charge in [-0.2, -0.15) is 5.10 Å². The van der Waals surface area contributed by atoms with Gasteiger partial charge in [0.05, 0.1) is 16.3 Å². The van der Waals surface area contributed by atoms with Crippen LogP contribution in [0.25, 0.3) is 23.0 Å². The van der Waals surface area contributed by atoms with Crippen LogP contribution in [0.15, 0.2) is 65.7 Å². The number of carbonyl (C=O) groups is 1. The predicted molar refractivity (Wildman–Crippen MR) is 124 cm³/mol. The number of nitrogens with one attached hydrogen (secondary N) is 1. The molecule has 0 radical (unpaired) electrons. The van der Waals surface area contributed by atoms with Gasteiger partial charge in [-0.3, -0.25) is 10.1 Å². The highest BCUT2D eigenvalue weighted by Crippen LogP contribution is 2.44. The quantitative estimate of drug-likeness (QED) is 0.588. The van der Waals surface area contributed by atoms with Gasteiger partial charge in [0.1, 0.15) is 11.3 Å². The molecule has 1 aliphatic carbocycles. The molecule has 3 heterocycles. The minimum absolute atomic E-state index is 0.0142. The van der Waals surface area contributed by atoms with E-state index >= 15 is 0 Å². The van der Waals surface area contributed by atoms with Crippen molar-refractivity contribution in [1.82, 2.24) is 20.0 Å². The number of fused-ring (bicyclic) bond motifs is 3. The lowest BCUT2D eigenvalue weighted by Crippen LogP contribution is -2.40. The molecule has 32 heavy (non-hydrogen) atoms. The molecule has 3 aliphatic rings. The Labute approximate surface area is 190 Å². The number of aromatic nitrogens is 2. The summed E-state index contributed by atoms with van der Waals surface area (Å²) < 4.78 is 15.3. The molecule has 162 valence electrons.